The maximum atomic E-state index is 2.94. The van der Waals surface area contributed by atoms with E-state index in [9.17, 15) is 0 Å². The van der Waals surface area contributed by atoms with E-state index in [0.29, 0.717) is 0 Å². The lowest BCUT2D eigenvalue weighted by atomic mass is 9.43. The highest BCUT2D eigenvalue weighted by Crippen LogP contribution is 2.93. The number of allylic oxidation sites excluding steroid dienone is 4. The van der Waals surface area contributed by atoms with Crippen LogP contribution in [0, 0.1) is 5.92 Å². The van der Waals surface area contributed by atoms with Gasteiger partial charge in [-0.05, 0) is 379 Å². The minimum absolute atomic E-state index is 0.0487. The molecule has 31 aromatic carbocycles. The van der Waals surface area contributed by atoms with Gasteiger partial charge in [-0.25, -0.2) is 0 Å². The number of benzene rings is 25. The normalized spacial score (nSPS) is 21.9. The van der Waals surface area contributed by atoms with Crippen LogP contribution >= 0.6 is 0 Å². The Balaban J connectivity index is 0.753. The fourth-order valence-corrected chi connectivity index (χ4v) is 55.2. The second kappa shape index (κ2) is 20.6. The number of hydrogen-bond donors (Lipinski definition) is 0. The van der Waals surface area contributed by atoms with Crippen LogP contribution in [0.2, 0.25) is 95.7 Å². The van der Waals surface area contributed by atoms with Crippen LogP contribution < -0.4 is 25.9 Å². The molecule has 42 rings (SSSR count). The summed E-state index contributed by atoms with van der Waals surface area (Å²) in [5, 5.41) is 75.9. The summed E-state index contributed by atoms with van der Waals surface area (Å²) in [4.78, 5) is 0. The van der Waals surface area contributed by atoms with Crippen molar-refractivity contribution in [3.63, 3.8) is 0 Å². The highest BCUT2D eigenvalue weighted by molar-refractivity contribution is 6.93. The van der Waals surface area contributed by atoms with Crippen LogP contribution in [0.1, 0.15) is 55.6 Å². The first-order valence-corrected chi connectivity index (χ1v) is 68.3. The molecule has 11 aliphatic carbocycles. The Hall–Kier alpha value is -13.7. The largest absolute Gasteiger partial charge is 0.0821 e. The summed E-state index contributed by atoms with van der Waals surface area (Å²) in [6, 6.07) is 115. The molecule has 0 heterocycles. The van der Waals surface area contributed by atoms with E-state index in [2.05, 4.69) is 338 Å². The summed E-state index contributed by atoms with van der Waals surface area (Å²) in [5.41, 5.74) is 36.8. The standard InChI is InChI=1S/C135H86Si5/c1-136(2,71-46-36-66(37-47-71)61-26-16-11-17-27-61)56-131-116-106-96-86-81-76-77-79-80-78(76)83-90-88(81)98(96)108-110-100(90)102-92(83)94-85(80)95-93-84(79)91-89-82(77)87(86)97-99(89)109-111-101(91)103(93)113-115-105(95)104(94)114-112(102)122-120(110)132(118(108)116,57-137(3,4)72-48-38-67(39-49-72)62-28-18-12-19-29-62)127-126(131)128-130-129(127)134(122,59-139(7,8)74-52-42-69(43-53-74)64-32-22-14-23-33-64)124(114)125(115)135(130,60-140(9,10)75-54-44-70(45-55-75)65-34-24-15-25-35-65)123(113)121(111)133(128,119(109)117(131)107(97)106)58-138(5,6)73-50-40-68(41-51-73)63-30-20-13-21-31-63/h11-55,126H,56-60H2,1-10H3. The third-order valence-corrected chi connectivity index (χ3v) is 59.4. The SMILES string of the molecule is C[Si](C)(CC12C3=C4C5C6=C3C3(C[Si](C)(C)c7ccc(-c8ccccc8)cc7)c7c1c1c8c2c2c9c%10c(c%11c%12c%13c(c%14c%15c%16c(c3c3c7c7c1c1c%17c8c9c8c9c%10c%12c%10c%12c%13c%15c%13c%15c%16c3c3c7c1c1c(c%178)c(c9%10)c(c%13%12)c1c3%15)C6%14C[Si](C)(C)c1ccc(-c3ccccc3)cc1)C%115C[Si](C)(C)c1ccc(-c3ccccc3)cc1)C42C[Si](C)(C)c1ccc(-c2ccccc2)cc1)c1ccc(-c2ccccc2)cc1. The van der Waals surface area contributed by atoms with E-state index in [1.807, 2.05) is 77.9 Å². The van der Waals surface area contributed by atoms with Crippen molar-refractivity contribution in [2.75, 3.05) is 0 Å². The highest BCUT2D eigenvalue weighted by atomic mass is 28.3. The molecular formula is C135H86Si5. The Kier molecular flexibility index (Phi) is 10.6. The van der Waals surface area contributed by atoms with Crippen molar-refractivity contribution in [3.05, 3.63) is 351 Å². The monoisotopic (exact) mass is 1850 g/mol. The molecule has 0 radical (unpaired) electrons. The first kappa shape index (κ1) is 71.7. The van der Waals surface area contributed by atoms with Gasteiger partial charge in [0, 0.05) is 33.0 Å². The Bertz CT molecular complexity index is 10700. The van der Waals surface area contributed by atoms with Gasteiger partial charge in [-0.15, -0.1) is 0 Å². The minimum Gasteiger partial charge on any atom is -0.0654 e. The molecule has 0 aromatic heterocycles. The van der Waals surface area contributed by atoms with E-state index in [4.69, 9.17) is 0 Å². The van der Waals surface area contributed by atoms with E-state index in [1.165, 1.54) is 55.6 Å². The fourth-order valence-electron chi connectivity index (χ4n) is 39.4. The van der Waals surface area contributed by atoms with Crippen molar-refractivity contribution in [3.8, 4) is 55.6 Å². The van der Waals surface area contributed by atoms with Crippen molar-refractivity contribution in [1.29, 1.82) is 0 Å². The van der Waals surface area contributed by atoms with E-state index < -0.39 is 67.4 Å². The zero-order valence-electron chi connectivity index (χ0n) is 79.6. The Labute approximate surface area is 810 Å². The van der Waals surface area contributed by atoms with Gasteiger partial charge in [0.05, 0.1) is 40.4 Å². The molecule has 0 N–H and O–H groups in total. The van der Waals surface area contributed by atoms with E-state index in [1.54, 1.807) is 241 Å². The Morgan fingerprint density at radius 2 is 0.293 bits per heavy atom. The molecule has 31 aromatic rings. The molecule has 4 atom stereocenters. The Morgan fingerprint density at radius 3 is 0.486 bits per heavy atom. The van der Waals surface area contributed by atoms with E-state index >= 15 is 0 Å². The van der Waals surface area contributed by atoms with Crippen molar-refractivity contribution >= 4 is 282 Å². The highest BCUT2D eigenvalue weighted by Gasteiger charge is 2.83. The van der Waals surface area contributed by atoms with Crippen LogP contribution in [0.5, 0.6) is 0 Å². The van der Waals surface area contributed by atoms with Gasteiger partial charge >= 0.3 is 0 Å². The molecule has 0 amide bonds. The first-order chi connectivity index (χ1) is 68.2. The summed E-state index contributed by atoms with van der Waals surface area (Å²) in [6.45, 7) is 29.4. The molecule has 646 valence electrons. The quantitative estimate of drug-likeness (QED) is 0.0527. The fraction of sp³-hybridized carbons (Fsp3) is 0.156. The van der Waals surface area contributed by atoms with Crippen molar-refractivity contribution in [1.82, 2.24) is 0 Å². The zero-order valence-corrected chi connectivity index (χ0v) is 84.6. The first-order valence-electron chi connectivity index (χ1n) is 52.3. The Morgan fingerprint density at radius 1 is 0.150 bits per heavy atom. The smallest absolute Gasteiger partial charge is 0.0654 e. The molecule has 5 heteroatoms. The third kappa shape index (κ3) is 6.33. The predicted molar refractivity (Wildman–Crippen MR) is 608 cm³/mol. The molecule has 0 fully saturated rings. The van der Waals surface area contributed by atoms with Gasteiger partial charge in [-0.2, -0.15) is 0 Å². The maximum absolute atomic E-state index is 2.94. The molecule has 0 saturated carbocycles. The summed E-state index contributed by atoms with van der Waals surface area (Å²) in [7, 11) is -14.0. The van der Waals surface area contributed by atoms with Crippen LogP contribution in [-0.4, -0.2) is 40.4 Å². The van der Waals surface area contributed by atoms with Gasteiger partial charge in [-0.1, -0.05) is 364 Å². The maximum Gasteiger partial charge on any atom is 0.0821 e. The van der Waals surface area contributed by atoms with Gasteiger partial charge in [-0.3, -0.25) is 0 Å². The van der Waals surface area contributed by atoms with Crippen LogP contribution in [0.15, 0.2) is 295 Å². The van der Waals surface area contributed by atoms with Gasteiger partial charge in [0.25, 0.3) is 0 Å². The molecule has 0 bridgehead atoms. The summed E-state index contributed by atoms with van der Waals surface area (Å²) in [6.07, 6.45) is 0. The van der Waals surface area contributed by atoms with Crippen LogP contribution in [-0.2, 0) is 27.1 Å². The lowest BCUT2D eigenvalue weighted by Crippen LogP contribution is -2.62. The van der Waals surface area contributed by atoms with Gasteiger partial charge < -0.3 is 0 Å². The molecule has 0 nitrogen and oxygen atoms in total. The molecule has 11 aliphatic rings. The van der Waals surface area contributed by atoms with Crippen LogP contribution in [0.3, 0.4) is 0 Å². The summed E-state index contributed by atoms with van der Waals surface area (Å²) < 4.78 is 0. The predicted octanol–water partition coefficient (Wildman–Crippen LogP) is 32.3. The van der Waals surface area contributed by atoms with Crippen molar-refractivity contribution < 1.29 is 0 Å². The van der Waals surface area contributed by atoms with Gasteiger partial charge in [0.2, 0.25) is 0 Å². The van der Waals surface area contributed by atoms with Crippen molar-refractivity contribution in [2.24, 2.45) is 5.92 Å². The third-order valence-electron chi connectivity index (χ3n) is 42.9. The van der Waals surface area contributed by atoms with Gasteiger partial charge in [0.1, 0.15) is 0 Å². The zero-order chi connectivity index (χ0) is 90.8. The minimum atomic E-state index is -2.81. The average molecular weight is 1850 g/mol. The number of hydrogen-bond acceptors (Lipinski definition) is 0. The lowest BCUT2D eigenvalue weighted by molar-refractivity contribution is 0.328. The summed E-state index contributed by atoms with van der Waals surface area (Å²) in [5.74, 6) is 0.0487. The topological polar surface area (TPSA) is 0 Å². The van der Waals surface area contributed by atoms with E-state index in [-0.39, 0.29) is 5.92 Å². The molecular weight excluding hydrogens is 1760 g/mol. The molecule has 0 aliphatic heterocycles. The molecule has 4 unspecified atom stereocenters. The second-order valence-electron chi connectivity index (χ2n) is 50.4. The molecule has 0 saturated heterocycles. The van der Waals surface area contributed by atoms with Crippen LogP contribution in [0.25, 0.3) is 271 Å². The molecule has 0 spiro atoms. The second-order valence-corrected chi connectivity index (χ2v) is 73.9. The van der Waals surface area contributed by atoms with Gasteiger partial charge in [0.15, 0.2) is 0 Å². The van der Waals surface area contributed by atoms with Crippen LogP contribution in [0.4, 0.5) is 0 Å². The summed E-state index contributed by atoms with van der Waals surface area (Å²) >= 11 is 0. The van der Waals surface area contributed by atoms with E-state index in [0.717, 1.165) is 30.2 Å². The lowest BCUT2D eigenvalue weighted by Gasteiger charge is -2.62. The number of rotatable bonds is 20. The molecule has 140 heavy (non-hydrogen) atoms. The average Bonchev–Trinajstić information content (AvgIpc) is 1.37. The van der Waals surface area contributed by atoms with Crippen molar-refractivity contribution in [2.45, 2.75) is 123 Å².